The van der Waals surface area contributed by atoms with E-state index >= 15 is 0 Å². The van der Waals surface area contributed by atoms with Crippen molar-refractivity contribution in [1.29, 1.82) is 0 Å². The molecule has 0 aliphatic heterocycles. The Bertz CT molecular complexity index is 639. The second kappa shape index (κ2) is 8.62. The lowest BCUT2D eigenvalue weighted by atomic mass is 10.2. The molecule has 0 unspecified atom stereocenters. The molecular formula is C17H20BrN3O2. The normalized spacial score (nSPS) is 10.4. The molecule has 0 aliphatic carbocycles. The van der Waals surface area contributed by atoms with Crippen molar-refractivity contribution in [3.05, 3.63) is 47.3 Å². The smallest absolute Gasteiger partial charge is 0.230 e. The Morgan fingerprint density at radius 1 is 1.17 bits per heavy atom. The number of aryl methyl sites for hydroxylation is 2. The molecule has 1 amide bonds. The van der Waals surface area contributed by atoms with E-state index in [1.54, 1.807) is 0 Å². The highest BCUT2D eigenvalue weighted by Crippen LogP contribution is 2.22. The Morgan fingerprint density at radius 3 is 2.43 bits per heavy atom. The number of carbonyl (C=O) groups excluding carboxylic acids is 1. The molecule has 6 heteroatoms. The topological polar surface area (TPSA) is 64.1 Å². The molecule has 122 valence electrons. The maximum absolute atomic E-state index is 11.7. The van der Waals surface area contributed by atoms with Gasteiger partial charge in [0.1, 0.15) is 6.61 Å². The van der Waals surface area contributed by atoms with E-state index in [0.29, 0.717) is 36.1 Å². The SMILES string of the molecule is Cc1nc(NC(=O)CCCBr)nc(C)c1OCc1ccccc1. The number of benzene rings is 1. The van der Waals surface area contributed by atoms with Crippen molar-refractivity contribution >= 4 is 27.8 Å². The highest BCUT2D eigenvalue weighted by molar-refractivity contribution is 9.09. The predicted octanol–water partition coefficient (Wildman–Crippen LogP) is 3.79. The van der Waals surface area contributed by atoms with Crippen LogP contribution in [-0.4, -0.2) is 21.2 Å². The van der Waals surface area contributed by atoms with E-state index in [9.17, 15) is 4.79 Å². The third kappa shape index (κ3) is 5.32. The van der Waals surface area contributed by atoms with Gasteiger partial charge in [0.05, 0.1) is 11.4 Å². The van der Waals surface area contributed by atoms with Gasteiger partial charge in [0, 0.05) is 11.8 Å². The fourth-order valence-corrected chi connectivity index (χ4v) is 2.40. The Hall–Kier alpha value is -1.95. The van der Waals surface area contributed by atoms with Crippen LogP contribution in [0.15, 0.2) is 30.3 Å². The zero-order chi connectivity index (χ0) is 16.7. The quantitative estimate of drug-likeness (QED) is 0.745. The maximum Gasteiger partial charge on any atom is 0.230 e. The highest BCUT2D eigenvalue weighted by Gasteiger charge is 2.12. The van der Waals surface area contributed by atoms with Gasteiger partial charge in [-0.05, 0) is 25.8 Å². The van der Waals surface area contributed by atoms with Crippen LogP contribution in [0.1, 0.15) is 29.8 Å². The first-order chi connectivity index (χ1) is 11.1. The number of hydrogen-bond donors (Lipinski definition) is 1. The third-order valence-corrected chi connectivity index (χ3v) is 3.78. The van der Waals surface area contributed by atoms with E-state index in [1.807, 2.05) is 44.2 Å². The monoisotopic (exact) mass is 377 g/mol. The number of amides is 1. The largest absolute Gasteiger partial charge is 0.485 e. The van der Waals surface area contributed by atoms with Crippen LogP contribution in [0.2, 0.25) is 0 Å². The van der Waals surface area contributed by atoms with Gasteiger partial charge in [-0.3, -0.25) is 10.1 Å². The van der Waals surface area contributed by atoms with Gasteiger partial charge in [-0.2, -0.15) is 0 Å². The van der Waals surface area contributed by atoms with Crippen LogP contribution in [-0.2, 0) is 11.4 Å². The summed E-state index contributed by atoms with van der Waals surface area (Å²) >= 11 is 3.30. The Kier molecular flexibility index (Phi) is 6.52. The van der Waals surface area contributed by atoms with Crippen molar-refractivity contribution < 1.29 is 9.53 Å². The molecule has 23 heavy (non-hydrogen) atoms. The molecule has 0 saturated heterocycles. The number of aromatic nitrogens is 2. The first-order valence-electron chi connectivity index (χ1n) is 7.48. The lowest BCUT2D eigenvalue weighted by molar-refractivity contribution is -0.116. The average Bonchev–Trinajstić information content (AvgIpc) is 2.53. The van der Waals surface area contributed by atoms with Crippen LogP contribution in [0.4, 0.5) is 5.95 Å². The van der Waals surface area contributed by atoms with Gasteiger partial charge >= 0.3 is 0 Å². The minimum absolute atomic E-state index is 0.0822. The molecule has 0 fully saturated rings. The van der Waals surface area contributed by atoms with Gasteiger partial charge in [-0.25, -0.2) is 9.97 Å². The molecule has 1 aromatic carbocycles. The van der Waals surface area contributed by atoms with Crippen molar-refractivity contribution in [3.8, 4) is 5.75 Å². The summed E-state index contributed by atoms with van der Waals surface area (Å²) in [5, 5.41) is 3.52. The fraction of sp³-hybridized carbons (Fsp3) is 0.353. The van der Waals surface area contributed by atoms with E-state index in [0.717, 1.165) is 17.3 Å². The summed E-state index contributed by atoms with van der Waals surface area (Å²) in [6.07, 6.45) is 1.22. The summed E-state index contributed by atoms with van der Waals surface area (Å²) in [5.74, 6) is 0.903. The Labute approximate surface area is 144 Å². The number of rotatable bonds is 7. The van der Waals surface area contributed by atoms with E-state index in [4.69, 9.17) is 4.74 Å². The highest BCUT2D eigenvalue weighted by atomic mass is 79.9. The standard InChI is InChI=1S/C17H20BrN3O2/c1-12-16(23-11-14-7-4-3-5-8-14)13(2)20-17(19-12)21-15(22)9-6-10-18/h3-5,7-8H,6,9-11H2,1-2H3,(H,19,20,21,22). The molecule has 2 rings (SSSR count). The minimum atomic E-state index is -0.0822. The van der Waals surface area contributed by atoms with Crippen LogP contribution >= 0.6 is 15.9 Å². The molecule has 0 aliphatic rings. The van der Waals surface area contributed by atoms with Crippen molar-refractivity contribution in [2.45, 2.75) is 33.3 Å². The van der Waals surface area contributed by atoms with E-state index in [2.05, 4.69) is 31.2 Å². The zero-order valence-corrected chi connectivity index (χ0v) is 14.9. The number of anilines is 1. The van der Waals surface area contributed by atoms with Gasteiger partial charge in [-0.15, -0.1) is 0 Å². The van der Waals surface area contributed by atoms with Crippen LogP contribution in [0.3, 0.4) is 0 Å². The number of ether oxygens (including phenoxy) is 1. The van der Waals surface area contributed by atoms with E-state index in [-0.39, 0.29) is 5.91 Å². The predicted molar refractivity (Wildman–Crippen MR) is 93.9 cm³/mol. The Balaban J connectivity index is 2.03. The fourth-order valence-electron chi connectivity index (χ4n) is 2.12. The summed E-state index contributed by atoms with van der Waals surface area (Å²) in [7, 11) is 0. The molecule has 1 heterocycles. The van der Waals surface area contributed by atoms with Gasteiger partial charge < -0.3 is 4.74 Å². The summed E-state index contributed by atoms with van der Waals surface area (Å²) in [5.41, 5.74) is 2.51. The molecule has 5 nitrogen and oxygen atoms in total. The number of nitrogens with one attached hydrogen (secondary N) is 1. The summed E-state index contributed by atoms with van der Waals surface area (Å²) < 4.78 is 5.83. The van der Waals surface area contributed by atoms with Crippen molar-refractivity contribution in [3.63, 3.8) is 0 Å². The van der Waals surface area contributed by atoms with Gasteiger partial charge in [0.15, 0.2) is 5.75 Å². The minimum Gasteiger partial charge on any atom is -0.485 e. The second-order valence-electron chi connectivity index (χ2n) is 5.16. The third-order valence-electron chi connectivity index (χ3n) is 3.22. The number of carbonyl (C=O) groups is 1. The summed E-state index contributed by atoms with van der Waals surface area (Å²) in [6, 6.07) is 9.92. The van der Waals surface area contributed by atoms with Crippen molar-refractivity contribution in [2.75, 3.05) is 10.6 Å². The Morgan fingerprint density at radius 2 is 1.83 bits per heavy atom. The molecular weight excluding hydrogens is 358 g/mol. The summed E-state index contributed by atoms with van der Waals surface area (Å²) in [4.78, 5) is 20.4. The number of alkyl halides is 1. The molecule has 1 N–H and O–H groups in total. The molecule has 1 aromatic heterocycles. The first kappa shape index (κ1) is 17.4. The average molecular weight is 378 g/mol. The first-order valence-corrected chi connectivity index (χ1v) is 8.60. The molecule has 0 radical (unpaired) electrons. The summed E-state index contributed by atoms with van der Waals surface area (Å²) in [6.45, 7) is 4.16. The molecule has 0 atom stereocenters. The van der Waals surface area contributed by atoms with Crippen molar-refractivity contribution in [2.24, 2.45) is 0 Å². The van der Waals surface area contributed by atoms with Gasteiger partial charge in [0.2, 0.25) is 11.9 Å². The van der Waals surface area contributed by atoms with Gasteiger partial charge in [-0.1, -0.05) is 46.3 Å². The van der Waals surface area contributed by atoms with E-state index < -0.39 is 0 Å². The number of nitrogens with zero attached hydrogens (tertiary/aromatic N) is 2. The lowest BCUT2D eigenvalue weighted by Crippen LogP contribution is -2.15. The zero-order valence-electron chi connectivity index (χ0n) is 13.3. The van der Waals surface area contributed by atoms with Gasteiger partial charge in [0.25, 0.3) is 0 Å². The number of halogens is 1. The molecule has 0 bridgehead atoms. The van der Waals surface area contributed by atoms with Crippen LogP contribution in [0, 0.1) is 13.8 Å². The molecule has 2 aromatic rings. The molecule has 0 spiro atoms. The lowest BCUT2D eigenvalue weighted by Gasteiger charge is -2.13. The second-order valence-corrected chi connectivity index (χ2v) is 5.96. The maximum atomic E-state index is 11.7. The van der Waals surface area contributed by atoms with E-state index in [1.165, 1.54) is 0 Å². The number of hydrogen-bond acceptors (Lipinski definition) is 4. The van der Waals surface area contributed by atoms with Crippen LogP contribution < -0.4 is 10.1 Å². The van der Waals surface area contributed by atoms with Crippen LogP contribution in [0.25, 0.3) is 0 Å². The molecule has 0 saturated carbocycles. The van der Waals surface area contributed by atoms with Crippen LogP contribution in [0.5, 0.6) is 5.75 Å². The van der Waals surface area contributed by atoms with Crippen molar-refractivity contribution in [1.82, 2.24) is 9.97 Å².